The predicted molar refractivity (Wildman–Crippen MR) is 78.5 cm³/mol. The van der Waals surface area contributed by atoms with Gasteiger partial charge in [-0.15, -0.1) is 0 Å². The van der Waals surface area contributed by atoms with Gasteiger partial charge in [-0.3, -0.25) is 0 Å². The van der Waals surface area contributed by atoms with Crippen molar-refractivity contribution in [2.75, 3.05) is 6.61 Å². The second kappa shape index (κ2) is 8.79. The summed E-state index contributed by atoms with van der Waals surface area (Å²) in [5, 5.41) is 9.06. The Bertz CT molecular complexity index is 541. The molecular weight excluding hydrogens is 272 g/mol. The first-order valence-electron chi connectivity index (χ1n) is 7.27. The Labute approximate surface area is 125 Å². The molecule has 0 bridgehead atoms. The summed E-state index contributed by atoms with van der Waals surface area (Å²) in [6.45, 7) is 5.54. The van der Waals surface area contributed by atoms with Crippen LogP contribution in [0.4, 0.5) is 0 Å². The topological polar surface area (TPSA) is 72.8 Å². The summed E-state index contributed by atoms with van der Waals surface area (Å²) in [6, 6.07) is 4.31. The summed E-state index contributed by atoms with van der Waals surface area (Å²) in [6.07, 6.45) is 2.80. The summed E-state index contributed by atoms with van der Waals surface area (Å²) in [5.41, 5.74) is 0.0288. The Morgan fingerprint density at radius 1 is 1.52 bits per heavy atom. The van der Waals surface area contributed by atoms with Crippen molar-refractivity contribution < 1.29 is 25.5 Å². The number of carboxylic acid groups (broad SMARTS) is 1. The van der Waals surface area contributed by atoms with Crippen molar-refractivity contribution in [3.63, 3.8) is 0 Å². The normalized spacial score (nSPS) is 12.1. The maximum absolute atomic E-state index is 11.1. The number of hydrogen-bond donors (Lipinski definition) is 1. The van der Waals surface area contributed by atoms with Gasteiger partial charge in [0.2, 0.25) is 0 Å². The first-order chi connectivity index (χ1) is 10.5. The van der Waals surface area contributed by atoms with E-state index in [0.717, 1.165) is 6.08 Å². The number of carboxylic acids is 1. The number of rotatable bonds is 9. The third kappa shape index (κ3) is 5.69. The molecule has 1 atom stereocenters. The third-order valence-electron chi connectivity index (χ3n) is 2.89. The number of aromatic carboxylic acids is 1. The van der Waals surface area contributed by atoms with Crippen LogP contribution < -0.4 is 4.74 Å². The zero-order chi connectivity index (χ0) is 16.5. The van der Waals surface area contributed by atoms with Gasteiger partial charge in [-0.2, -0.15) is 0 Å². The van der Waals surface area contributed by atoms with Gasteiger partial charge in [-0.1, -0.05) is 25.6 Å². The first-order valence-corrected chi connectivity index (χ1v) is 6.77. The van der Waals surface area contributed by atoms with Crippen molar-refractivity contribution in [2.45, 2.75) is 32.3 Å². The van der Waals surface area contributed by atoms with Crippen LogP contribution in [-0.4, -0.2) is 29.8 Å². The Morgan fingerprint density at radius 2 is 2.29 bits per heavy atom. The molecule has 5 nitrogen and oxygen atoms in total. The lowest BCUT2D eigenvalue weighted by Gasteiger charge is -2.15. The number of hydrogen-bond acceptors (Lipinski definition) is 4. The monoisotopic (exact) mass is 293 g/mol. The van der Waals surface area contributed by atoms with Gasteiger partial charge in [0.1, 0.15) is 17.4 Å². The molecule has 0 radical (unpaired) electrons. The fraction of sp³-hybridized carbons (Fsp3) is 0.375. The van der Waals surface area contributed by atoms with Crippen LogP contribution in [0.25, 0.3) is 0 Å². The maximum Gasteiger partial charge on any atom is 0.339 e. The first kappa shape index (κ1) is 15.1. The highest BCUT2D eigenvalue weighted by molar-refractivity contribution is 5.90. The van der Waals surface area contributed by atoms with Gasteiger partial charge >= 0.3 is 11.9 Å². The molecule has 0 spiro atoms. The molecule has 1 rings (SSSR count). The van der Waals surface area contributed by atoms with E-state index in [-0.39, 0.29) is 30.1 Å². The van der Waals surface area contributed by atoms with Gasteiger partial charge in [0, 0.05) is 6.08 Å². The van der Waals surface area contributed by atoms with Gasteiger partial charge in [0.15, 0.2) is 0 Å². The van der Waals surface area contributed by atoms with Crippen molar-refractivity contribution in [3.05, 3.63) is 42.5 Å². The van der Waals surface area contributed by atoms with E-state index in [1.165, 1.54) is 18.2 Å². The lowest BCUT2D eigenvalue weighted by molar-refractivity contribution is -0.143. The molecule has 0 amide bonds. The van der Waals surface area contributed by atoms with Crippen molar-refractivity contribution >= 4 is 11.9 Å². The molecule has 1 aromatic rings. The minimum absolute atomic E-state index is 0.0288. The SMILES string of the molecule is [2H]c1ccc(C(=O)O)c(OCCCC(CC)OC(=O)C=C)c1. The Kier molecular flexibility index (Phi) is 6.32. The van der Waals surface area contributed by atoms with Crippen LogP contribution in [0.1, 0.15) is 37.9 Å². The molecule has 21 heavy (non-hydrogen) atoms. The summed E-state index contributed by atoms with van der Waals surface area (Å²) in [4.78, 5) is 22.2. The lowest BCUT2D eigenvalue weighted by Crippen LogP contribution is -2.17. The fourth-order valence-electron chi connectivity index (χ4n) is 1.76. The highest BCUT2D eigenvalue weighted by Gasteiger charge is 2.12. The van der Waals surface area contributed by atoms with Crippen molar-refractivity contribution in [1.82, 2.24) is 0 Å². The van der Waals surface area contributed by atoms with E-state index in [1.54, 1.807) is 0 Å². The zero-order valence-electron chi connectivity index (χ0n) is 13.0. The molecule has 1 unspecified atom stereocenters. The van der Waals surface area contributed by atoms with Gasteiger partial charge in [0.25, 0.3) is 0 Å². The molecule has 0 fully saturated rings. The van der Waals surface area contributed by atoms with E-state index in [9.17, 15) is 9.59 Å². The molecule has 1 aromatic carbocycles. The van der Waals surface area contributed by atoms with Gasteiger partial charge in [-0.05, 0) is 31.4 Å². The van der Waals surface area contributed by atoms with E-state index < -0.39 is 11.9 Å². The Balaban J connectivity index is 2.50. The molecule has 1 N–H and O–H groups in total. The Morgan fingerprint density at radius 3 is 2.90 bits per heavy atom. The maximum atomic E-state index is 11.1. The minimum atomic E-state index is -1.10. The predicted octanol–water partition coefficient (Wildman–Crippen LogP) is 3.05. The molecule has 0 saturated carbocycles. The van der Waals surface area contributed by atoms with Crippen LogP contribution in [0.2, 0.25) is 0 Å². The summed E-state index contributed by atoms with van der Waals surface area (Å²) in [5.74, 6) is -1.37. The van der Waals surface area contributed by atoms with Crippen molar-refractivity contribution in [1.29, 1.82) is 0 Å². The number of para-hydroxylation sites is 1. The third-order valence-corrected chi connectivity index (χ3v) is 2.89. The van der Waals surface area contributed by atoms with E-state index in [4.69, 9.17) is 16.0 Å². The molecule has 0 aliphatic heterocycles. The largest absolute Gasteiger partial charge is 0.493 e. The summed E-state index contributed by atoms with van der Waals surface area (Å²) >= 11 is 0. The Hall–Kier alpha value is -2.30. The van der Waals surface area contributed by atoms with Gasteiger partial charge < -0.3 is 14.6 Å². The van der Waals surface area contributed by atoms with Crippen LogP contribution in [0.15, 0.2) is 36.9 Å². The van der Waals surface area contributed by atoms with Crippen molar-refractivity contribution in [3.8, 4) is 5.75 Å². The van der Waals surface area contributed by atoms with E-state index in [2.05, 4.69) is 6.58 Å². The fourth-order valence-corrected chi connectivity index (χ4v) is 1.76. The summed E-state index contributed by atoms with van der Waals surface area (Å²) < 4.78 is 18.1. The summed E-state index contributed by atoms with van der Waals surface area (Å²) in [7, 11) is 0. The minimum Gasteiger partial charge on any atom is -0.493 e. The molecule has 0 aliphatic carbocycles. The van der Waals surface area contributed by atoms with Crippen LogP contribution in [0.3, 0.4) is 0 Å². The van der Waals surface area contributed by atoms with E-state index in [0.29, 0.717) is 19.3 Å². The molecule has 0 saturated heterocycles. The highest BCUT2D eigenvalue weighted by atomic mass is 16.5. The number of benzene rings is 1. The van der Waals surface area contributed by atoms with Crippen LogP contribution >= 0.6 is 0 Å². The second-order valence-electron chi connectivity index (χ2n) is 4.39. The highest BCUT2D eigenvalue weighted by Crippen LogP contribution is 2.18. The van der Waals surface area contributed by atoms with E-state index in [1.807, 2.05) is 6.92 Å². The standard InChI is InChI=1S/C16H20O5/c1-3-12(21-15(17)4-2)8-7-11-20-14-10-6-5-9-13(14)16(18)19/h4-6,9-10,12H,2-3,7-8,11H2,1H3,(H,18,19)/i6D. The average molecular weight is 293 g/mol. The van der Waals surface area contributed by atoms with E-state index >= 15 is 0 Å². The molecule has 0 aliphatic rings. The molecule has 114 valence electrons. The molecule has 0 aromatic heterocycles. The van der Waals surface area contributed by atoms with Crippen LogP contribution in [0, 0.1) is 0 Å². The molecular formula is C16H20O5. The quantitative estimate of drug-likeness (QED) is 0.430. The smallest absolute Gasteiger partial charge is 0.339 e. The number of ether oxygens (including phenoxy) is 2. The van der Waals surface area contributed by atoms with Gasteiger partial charge in [0.05, 0.1) is 7.98 Å². The number of esters is 1. The van der Waals surface area contributed by atoms with Crippen LogP contribution in [0.5, 0.6) is 5.75 Å². The molecule has 5 heteroatoms. The van der Waals surface area contributed by atoms with Gasteiger partial charge in [-0.25, -0.2) is 9.59 Å². The van der Waals surface area contributed by atoms with Crippen LogP contribution in [-0.2, 0) is 9.53 Å². The zero-order valence-corrected chi connectivity index (χ0v) is 12.0. The second-order valence-corrected chi connectivity index (χ2v) is 4.39. The molecule has 0 heterocycles. The lowest BCUT2D eigenvalue weighted by atomic mass is 10.1. The number of carbonyl (C=O) groups is 2. The average Bonchev–Trinajstić information content (AvgIpc) is 2.49. The number of carbonyl (C=O) groups excluding carboxylic acids is 1. The van der Waals surface area contributed by atoms with Crippen molar-refractivity contribution in [2.24, 2.45) is 0 Å².